The second kappa shape index (κ2) is 4.33. The second-order valence-electron chi connectivity index (χ2n) is 2.67. The molecule has 1 heterocycles. The lowest BCUT2D eigenvalue weighted by molar-refractivity contribution is 0.0807. The van der Waals surface area contributed by atoms with Gasteiger partial charge in [-0.1, -0.05) is 0 Å². The Balaban J connectivity index is 2.91. The highest BCUT2D eigenvalue weighted by atomic mass is 19.1. The SMILES string of the molecule is CN(CC#N)C(=O)c1ccncc1F. The number of carbonyl (C=O) groups excluding carboxylic acids is 1. The van der Waals surface area contributed by atoms with E-state index in [-0.39, 0.29) is 12.1 Å². The summed E-state index contributed by atoms with van der Waals surface area (Å²) in [6.07, 6.45) is 2.30. The summed E-state index contributed by atoms with van der Waals surface area (Å²) in [4.78, 5) is 16.1. The van der Waals surface area contributed by atoms with Crippen LogP contribution in [0.4, 0.5) is 4.39 Å². The highest BCUT2D eigenvalue weighted by molar-refractivity contribution is 5.94. The molecule has 1 rings (SSSR count). The molecule has 1 aromatic rings. The van der Waals surface area contributed by atoms with Gasteiger partial charge < -0.3 is 4.90 Å². The molecular formula is C9H8FN3O. The monoisotopic (exact) mass is 193 g/mol. The number of carbonyl (C=O) groups is 1. The molecule has 0 unspecified atom stereocenters. The number of hydrogen-bond donors (Lipinski definition) is 0. The zero-order valence-electron chi connectivity index (χ0n) is 7.57. The Hall–Kier alpha value is -1.96. The van der Waals surface area contributed by atoms with Crippen molar-refractivity contribution in [2.75, 3.05) is 13.6 Å². The van der Waals surface area contributed by atoms with Crippen LogP contribution in [-0.2, 0) is 0 Å². The lowest BCUT2D eigenvalue weighted by atomic mass is 10.2. The third kappa shape index (κ3) is 2.04. The topological polar surface area (TPSA) is 57.0 Å². The molecule has 0 aliphatic rings. The molecule has 0 spiro atoms. The van der Waals surface area contributed by atoms with Crippen molar-refractivity contribution in [1.82, 2.24) is 9.88 Å². The highest BCUT2D eigenvalue weighted by Crippen LogP contribution is 2.06. The van der Waals surface area contributed by atoms with E-state index in [0.29, 0.717) is 0 Å². The van der Waals surface area contributed by atoms with Crippen molar-refractivity contribution in [3.8, 4) is 6.07 Å². The van der Waals surface area contributed by atoms with E-state index in [1.165, 1.54) is 19.3 Å². The summed E-state index contributed by atoms with van der Waals surface area (Å²) in [5, 5.41) is 8.35. The molecule has 0 saturated carbocycles. The number of amides is 1. The molecule has 5 heteroatoms. The van der Waals surface area contributed by atoms with Crippen molar-refractivity contribution in [2.45, 2.75) is 0 Å². The standard InChI is InChI=1S/C9H8FN3O/c1-13(5-3-11)9(14)7-2-4-12-6-8(7)10/h2,4,6H,5H2,1H3. The Kier molecular flexibility index (Phi) is 3.13. The molecule has 1 aromatic heterocycles. The van der Waals surface area contributed by atoms with Gasteiger partial charge in [0, 0.05) is 13.2 Å². The van der Waals surface area contributed by atoms with Crippen LogP contribution in [0.15, 0.2) is 18.5 Å². The summed E-state index contributed by atoms with van der Waals surface area (Å²) in [6, 6.07) is 3.09. The van der Waals surface area contributed by atoms with Crippen LogP contribution in [-0.4, -0.2) is 29.4 Å². The normalized spacial score (nSPS) is 9.21. The maximum absolute atomic E-state index is 13.0. The Morgan fingerprint density at radius 3 is 3.07 bits per heavy atom. The predicted octanol–water partition coefficient (Wildman–Crippen LogP) is 0.816. The summed E-state index contributed by atoms with van der Waals surface area (Å²) < 4.78 is 13.0. The summed E-state index contributed by atoms with van der Waals surface area (Å²) in [5.74, 6) is -1.20. The van der Waals surface area contributed by atoms with Crippen molar-refractivity contribution < 1.29 is 9.18 Å². The molecule has 72 valence electrons. The van der Waals surface area contributed by atoms with Gasteiger partial charge in [-0.3, -0.25) is 9.78 Å². The smallest absolute Gasteiger partial charge is 0.257 e. The third-order valence-corrected chi connectivity index (χ3v) is 1.66. The van der Waals surface area contributed by atoms with Crippen molar-refractivity contribution in [2.24, 2.45) is 0 Å². The first-order valence-corrected chi connectivity index (χ1v) is 3.88. The van der Waals surface area contributed by atoms with Crippen LogP contribution in [0.5, 0.6) is 0 Å². The van der Waals surface area contributed by atoms with Gasteiger partial charge in [-0.15, -0.1) is 0 Å². The van der Waals surface area contributed by atoms with Gasteiger partial charge in [0.05, 0.1) is 17.8 Å². The van der Waals surface area contributed by atoms with Gasteiger partial charge in [-0.05, 0) is 6.07 Å². The average Bonchev–Trinajstić information content (AvgIpc) is 2.18. The quantitative estimate of drug-likeness (QED) is 0.653. The first-order chi connectivity index (χ1) is 6.66. The van der Waals surface area contributed by atoms with Gasteiger partial charge in [-0.2, -0.15) is 5.26 Å². The molecule has 1 amide bonds. The fraction of sp³-hybridized carbons (Fsp3) is 0.222. The first kappa shape index (κ1) is 10.1. The number of halogens is 1. The fourth-order valence-electron chi connectivity index (χ4n) is 0.932. The van der Waals surface area contributed by atoms with Gasteiger partial charge in [0.2, 0.25) is 0 Å². The molecule has 0 saturated heterocycles. The van der Waals surface area contributed by atoms with E-state index in [1.54, 1.807) is 6.07 Å². The molecule has 0 N–H and O–H groups in total. The van der Waals surface area contributed by atoms with Crippen LogP contribution >= 0.6 is 0 Å². The molecule has 0 aliphatic heterocycles. The number of aromatic nitrogens is 1. The second-order valence-corrected chi connectivity index (χ2v) is 2.67. The maximum Gasteiger partial charge on any atom is 0.257 e. The zero-order chi connectivity index (χ0) is 10.6. The summed E-state index contributed by atoms with van der Waals surface area (Å²) >= 11 is 0. The Morgan fingerprint density at radius 1 is 1.79 bits per heavy atom. The molecule has 0 radical (unpaired) electrons. The summed E-state index contributed by atoms with van der Waals surface area (Å²) in [7, 11) is 1.44. The molecule has 0 aromatic carbocycles. The van der Waals surface area contributed by atoms with Crippen LogP contribution in [0.3, 0.4) is 0 Å². The van der Waals surface area contributed by atoms with Crippen molar-refractivity contribution in [3.63, 3.8) is 0 Å². The van der Waals surface area contributed by atoms with Crippen LogP contribution in [0.25, 0.3) is 0 Å². The van der Waals surface area contributed by atoms with E-state index < -0.39 is 11.7 Å². The zero-order valence-corrected chi connectivity index (χ0v) is 7.57. The predicted molar refractivity (Wildman–Crippen MR) is 46.8 cm³/mol. The molecule has 14 heavy (non-hydrogen) atoms. The number of pyridine rings is 1. The summed E-state index contributed by atoms with van der Waals surface area (Å²) in [5.41, 5.74) is -0.0715. The minimum absolute atomic E-state index is 0.0689. The van der Waals surface area contributed by atoms with Gasteiger partial charge in [0.1, 0.15) is 6.54 Å². The van der Waals surface area contributed by atoms with Gasteiger partial charge in [0.15, 0.2) is 5.82 Å². The highest BCUT2D eigenvalue weighted by Gasteiger charge is 2.15. The van der Waals surface area contributed by atoms with Crippen molar-refractivity contribution >= 4 is 5.91 Å². The van der Waals surface area contributed by atoms with Gasteiger partial charge in [0.25, 0.3) is 5.91 Å². The number of rotatable bonds is 2. The number of nitriles is 1. The molecular weight excluding hydrogens is 185 g/mol. The van der Waals surface area contributed by atoms with E-state index in [9.17, 15) is 9.18 Å². The van der Waals surface area contributed by atoms with Gasteiger partial charge >= 0.3 is 0 Å². The molecule has 0 fully saturated rings. The largest absolute Gasteiger partial charge is 0.328 e. The number of nitrogens with zero attached hydrogens (tertiary/aromatic N) is 3. The Labute approximate surface area is 80.6 Å². The van der Waals surface area contributed by atoms with E-state index in [1.807, 2.05) is 0 Å². The molecule has 0 aliphatic carbocycles. The fourth-order valence-corrected chi connectivity index (χ4v) is 0.932. The van der Waals surface area contributed by atoms with Gasteiger partial charge in [-0.25, -0.2) is 4.39 Å². The molecule has 0 atom stereocenters. The van der Waals surface area contributed by atoms with E-state index in [2.05, 4.69) is 4.98 Å². The lowest BCUT2D eigenvalue weighted by Crippen LogP contribution is -2.27. The van der Waals surface area contributed by atoms with E-state index >= 15 is 0 Å². The average molecular weight is 193 g/mol. The van der Waals surface area contributed by atoms with Crippen LogP contribution in [0, 0.1) is 17.1 Å². The molecule has 0 bridgehead atoms. The lowest BCUT2D eigenvalue weighted by Gasteiger charge is -2.12. The maximum atomic E-state index is 13.0. The first-order valence-electron chi connectivity index (χ1n) is 3.88. The van der Waals surface area contributed by atoms with Crippen molar-refractivity contribution in [3.05, 3.63) is 29.8 Å². The minimum atomic E-state index is -0.678. The van der Waals surface area contributed by atoms with Crippen LogP contribution < -0.4 is 0 Å². The van der Waals surface area contributed by atoms with Crippen molar-refractivity contribution in [1.29, 1.82) is 5.26 Å². The van der Waals surface area contributed by atoms with E-state index in [4.69, 9.17) is 5.26 Å². The van der Waals surface area contributed by atoms with E-state index in [0.717, 1.165) is 11.1 Å². The summed E-state index contributed by atoms with van der Waals surface area (Å²) in [6.45, 7) is -0.0689. The third-order valence-electron chi connectivity index (χ3n) is 1.66. The molecule has 4 nitrogen and oxygen atoms in total. The Bertz CT molecular complexity index is 386. The Morgan fingerprint density at radius 2 is 2.50 bits per heavy atom. The minimum Gasteiger partial charge on any atom is -0.328 e. The number of hydrogen-bond acceptors (Lipinski definition) is 3. The van der Waals surface area contributed by atoms with Crippen LogP contribution in [0.2, 0.25) is 0 Å². The van der Waals surface area contributed by atoms with Crippen LogP contribution in [0.1, 0.15) is 10.4 Å².